The van der Waals surface area contributed by atoms with Crippen molar-refractivity contribution < 1.29 is 0 Å². The van der Waals surface area contributed by atoms with Crippen molar-refractivity contribution in [2.75, 3.05) is 26.2 Å². The third-order valence-corrected chi connectivity index (χ3v) is 3.71. The molecule has 1 aromatic rings. The van der Waals surface area contributed by atoms with Gasteiger partial charge >= 0.3 is 0 Å². The van der Waals surface area contributed by atoms with Crippen LogP contribution in [0.15, 0.2) is 28.7 Å². The van der Waals surface area contributed by atoms with Crippen molar-refractivity contribution in [1.29, 1.82) is 0 Å². The monoisotopic (exact) mass is 268 g/mol. The fraction of sp³-hybridized carbons (Fsp3) is 0.500. The van der Waals surface area contributed by atoms with E-state index in [4.69, 9.17) is 0 Å². The maximum absolute atomic E-state index is 3.62. The molecule has 0 unspecified atom stereocenters. The van der Waals surface area contributed by atoms with Crippen LogP contribution < -0.4 is 5.32 Å². The second-order valence-corrected chi connectivity index (χ2v) is 4.78. The van der Waals surface area contributed by atoms with Crippen LogP contribution in [0.3, 0.4) is 0 Å². The zero-order valence-electron chi connectivity index (χ0n) is 9.04. The molecular weight excluding hydrogens is 252 g/mol. The lowest BCUT2D eigenvalue weighted by molar-refractivity contribution is 0.210. The topological polar surface area (TPSA) is 15.3 Å². The molecule has 0 bridgehead atoms. The Morgan fingerprint density at radius 3 is 3.00 bits per heavy atom. The van der Waals surface area contributed by atoms with Gasteiger partial charge in [-0.3, -0.25) is 0 Å². The van der Waals surface area contributed by atoms with Crippen molar-refractivity contribution in [3.63, 3.8) is 0 Å². The van der Waals surface area contributed by atoms with E-state index in [2.05, 4.69) is 57.3 Å². The summed E-state index contributed by atoms with van der Waals surface area (Å²) in [6.45, 7) is 6.72. The van der Waals surface area contributed by atoms with Crippen molar-refractivity contribution in [2.45, 2.75) is 13.0 Å². The van der Waals surface area contributed by atoms with E-state index in [1.165, 1.54) is 10.0 Å². The maximum atomic E-state index is 3.62. The number of halogens is 1. The van der Waals surface area contributed by atoms with Crippen LogP contribution in [0, 0.1) is 0 Å². The van der Waals surface area contributed by atoms with Crippen LogP contribution in [0.1, 0.15) is 18.5 Å². The molecule has 1 aliphatic rings. The lowest BCUT2D eigenvalue weighted by Crippen LogP contribution is -2.45. The average Bonchev–Trinajstić information content (AvgIpc) is 2.30. The highest BCUT2D eigenvalue weighted by molar-refractivity contribution is 9.10. The molecule has 1 aliphatic heterocycles. The van der Waals surface area contributed by atoms with Crippen LogP contribution in [0.4, 0.5) is 0 Å². The SMILES string of the molecule is CCN1CCN[C@@H](c2ccccc2Br)C1. The maximum Gasteiger partial charge on any atom is 0.0461 e. The number of hydrogen-bond acceptors (Lipinski definition) is 2. The molecule has 0 aliphatic carbocycles. The molecule has 1 atom stereocenters. The van der Waals surface area contributed by atoms with E-state index >= 15 is 0 Å². The summed E-state index contributed by atoms with van der Waals surface area (Å²) in [5, 5.41) is 3.57. The third kappa shape index (κ3) is 2.60. The van der Waals surface area contributed by atoms with E-state index < -0.39 is 0 Å². The molecule has 3 heteroatoms. The molecule has 0 radical (unpaired) electrons. The quantitative estimate of drug-likeness (QED) is 0.887. The first-order valence-electron chi connectivity index (χ1n) is 5.51. The Kier molecular flexibility index (Phi) is 3.78. The van der Waals surface area contributed by atoms with Crippen molar-refractivity contribution in [2.24, 2.45) is 0 Å². The predicted octanol–water partition coefficient (Wildman–Crippen LogP) is 2.42. The molecule has 0 spiro atoms. The van der Waals surface area contributed by atoms with Gasteiger partial charge in [-0.2, -0.15) is 0 Å². The zero-order valence-corrected chi connectivity index (χ0v) is 10.6. The molecule has 1 fully saturated rings. The van der Waals surface area contributed by atoms with E-state index in [-0.39, 0.29) is 0 Å². The van der Waals surface area contributed by atoms with Gasteiger partial charge in [-0.1, -0.05) is 41.1 Å². The smallest absolute Gasteiger partial charge is 0.0461 e. The van der Waals surface area contributed by atoms with Gasteiger partial charge < -0.3 is 10.2 Å². The van der Waals surface area contributed by atoms with Gasteiger partial charge in [-0.25, -0.2) is 0 Å². The number of rotatable bonds is 2. The van der Waals surface area contributed by atoms with Gasteiger partial charge in [-0.05, 0) is 18.2 Å². The largest absolute Gasteiger partial charge is 0.308 e. The Morgan fingerprint density at radius 2 is 2.27 bits per heavy atom. The molecule has 1 heterocycles. The van der Waals surface area contributed by atoms with E-state index in [1.54, 1.807) is 0 Å². The van der Waals surface area contributed by atoms with Gasteiger partial charge in [0, 0.05) is 30.1 Å². The molecule has 0 amide bonds. The number of nitrogens with zero attached hydrogens (tertiary/aromatic N) is 1. The highest BCUT2D eigenvalue weighted by atomic mass is 79.9. The van der Waals surface area contributed by atoms with Gasteiger partial charge in [0.2, 0.25) is 0 Å². The van der Waals surface area contributed by atoms with Gasteiger partial charge in [0.15, 0.2) is 0 Å². The summed E-state index contributed by atoms with van der Waals surface area (Å²) < 4.78 is 1.21. The summed E-state index contributed by atoms with van der Waals surface area (Å²) in [5.74, 6) is 0. The average molecular weight is 269 g/mol. The van der Waals surface area contributed by atoms with Gasteiger partial charge in [-0.15, -0.1) is 0 Å². The van der Waals surface area contributed by atoms with Crippen molar-refractivity contribution in [3.8, 4) is 0 Å². The van der Waals surface area contributed by atoms with Crippen molar-refractivity contribution >= 4 is 15.9 Å². The van der Waals surface area contributed by atoms with E-state index in [9.17, 15) is 0 Å². The van der Waals surface area contributed by atoms with Gasteiger partial charge in [0.25, 0.3) is 0 Å². The summed E-state index contributed by atoms with van der Waals surface area (Å²) >= 11 is 3.62. The van der Waals surface area contributed by atoms with Crippen LogP contribution in [-0.2, 0) is 0 Å². The highest BCUT2D eigenvalue weighted by Crippen LogP contribution is 2.25. The summed E-state index contributed by atoms with van der Waals surface area (Å²) in [6, 6.07) is 8.94. The fourth-order valence-electron chi connectivity index (χ4n) is 2.06. The molecule has 1 saturated heterocycles. The van der Waals surface area contributed by atoms with Crippen molar-refractivity contribution in [3.05, 3.63) is 34.3 Å². The highest BCUT2D eigenvalue weighted by Gasteiger charge is 2.20. The Morgan fingerprint density at radius 1 is 1.47 bits per heavy atom. The molecular formula is C12H17BrN2. The molecule has 1 aromatic carbocycles. The summed E-state index contributed by atoms with van der Waals surface area (Å²) in [6.07, 6.45) is 0. The second-order valence-electron chi connectivity index (χ2n) is 3.92. The molecule has 82 valence electrons. The molecule has 0 aromatic heterocycles. The molecule has 15 heavy (non-hydrogen) atoms. The van der Waals surface area contributed by atoms with Crippen LogP contribution in [0.5, 0.6) is 0 Å². The summed E-state index contributed by atoms with van der Waals surface area (Å²) in [5.41, 5.74) is 1.37. The van der Waals surface area contributed by atoms with E-state index in [0.717, 1.165) is 26.2 Å². The fourth-order valence-corrected chi connectivity index (χ4v) is 2.63. The summed E-state index contributed by atoms with van der Waals surface area (Å²) in [7, 11) is 0. The zero-order chi connectivity index (χ0) is 10.7. The Hall–Kier alpha value is -0.380. The van der Waals surface area contributed by atoms with Crippen LogP contribution in [0.25, 0.3) is 0 Å². The number of hydrogen-bond donors (Lipinski definition) is 1. The van der Waals surface area contributed by atoms with Gasteiger partial charge in [0.05, 0.1) is 0 Å². The Labute approximate surface area is 99.8 Å². The first kappa shape index (κ1) is 11.1. The molecule has 2 rings (SSSR count). The summed E-state index contributed by atoms with van der Waals surface area (Å²) in [4.78, 5) is 2.49. The van der Waals surface area contributed by atoms with E-state index in [1.807, 2.05) is 0 Å². The first-order valence-corrected chi connectivity index (χ1v) is 6.30. The second kappa shape index (κ2) is 5.10. The van der Waals surface area contributed by atoms with Crippen LogP contribution in [-0.4, -0.2) is 31.1 Å². The van der Waals surface area contributed by atoms with Gasteiger partial charge in [0.1, 0.15) is 0 Å². The molecule has 1 N–H and O–H groups in total. The number of piperazine rings is 1. The number of benzene rings is 1. The normalized spacial score (nSPS) is 22.9. The minimum atomic E-state index is 0.467. The molecule has 0 saturated carbocycles. The Bertz CT molecular complexity index is 327. The number of nitrogens with one attached hydrogen (secondary N) is 1. The first-order chi connectivity index (χ1) is 7.31. The lowest BCUT2D eigenvalue weighted by Gasteiger charge is -2.33. The number of likely N-dealkylation sites (N-methyl/N-ethyl adjacent to an activating group) is 1. The van der Waals surface area contributed by atoms with E-state index in [0.29, 0.717) is 6.04 Å². The minimum absolute atomic E-state index is 0.467. The standard InChI is InChI=1S/C12H17BrN2/c1-2-15-8-7-14-12(9-15)10-5-3-4-6-11(10)13/h3-6,12,14H,2,7-9H2,1H3/t12-/m1/s1. The third-order valence-electron chi connectivity index (χ3n) is 2.99. The van der Waals surface area contributed by atoms with Crippen molar-refractivity contribution in [1.82, 2.24) is 10.2 Å². The van der Waals surface area contributed by atoms with Crippen LogP contribution in [0.2, 0.25) is 0 Å². The minimum Gasteiger partial charge on any atom is -0.308 e. The lowest BCUT2D eigenvalue weighted by atomic mass is 10.0. The predicted molar refractivity (Wildman–Crippen MR) is 67.0 cm³/mol. The van der Waals surface area contributed by atoms with Crippen LogP contribution >= 0.6 is 15.9 Å². The molecule has 2 nitrogen and oxygen atoms in total. The Balaban J connectivity index is 2.13.